The van der Waals surface area contributed by atoms with Crippen molar-refractivity contribution in [2.45, 2.75) is 0 Å². The number of aromatic nitrogens is 1. The average Bonchev–Trinajstić information content (AvgIpc) is 3.75. The van der Waals surface area contributed by atoms with E-state index < -0.39 is 0 Å². The first kappa shape index (κ1) is 27.0. The van der Waals surface area contributed by atoms with Crippen molar-refractivity contribution < 1.29 is 8.83 Å². The molecule has 0 N–H and O–H groups in total. The Bertz CT molecular complexity index is 2460. The summed E-state index contributed by atoms with van der Waals surface area (Å²) in [5.74, 6) is 0.594. The van der Waals surface area contributed by atoms with Gasteiger partial charge in [0, 0.05) is 33.4 Å². The Kier molecular flexibility index (Phi) is 6.43. The molecule has 0 aliphatic heterocycles. The number of hydrogen-bond donors (Lipinski definition) is 0. The molecule has 0 unspecified atom stereocenters. The highest BCUT2D eigenvalue weighted by Crippen LogP contribution is 2.40. The van der Waals surface area contributed by atoms with Gasteiger partial charge in [0.15, 0.2) is 5.58 Å². The van der Waals surface area contributed by atoms with Gasteiger partial charge < -0.3 is 13.7 Å². The monoisotopic (exact) mass is 604 g/mol. The maximum Gasteiger partial charge on any atom is 0.228 e. The molecule has 222 valence electrons. The molecule has 7 aromatic carbocycles. The number of furan rings is 1. The third kappa shape index (κ3) is 4.84. The van der Waals surface area contributed by atoms with Crippen LogP contribution in [0.25, 0.3) is 66.7 Å². The van der Waals surface area contributed by atoms with Crippen LogP contribution in [-0.2, 0) is 0 Å². The summed E-state index contributed by atoms with van der Waals surface area (Å²) in [6.07, 6.45) is 0. The highest BCUT2D eigenvalue weighted by Gasteiger charge is 2.18. The van der Waals surface area contributed by atoms with Crippen LogP contribution in [0.4, 0.5) is 17.1 Å². The zero-order chi connectivity index (χ0) is 31.2. The molecule has 9 aromatic rings. The predicted octanol–water partition coefficient (Wildman–Crippen LogP) is 12.2. The van der Waals surface area contributed by atoms with Crippen LogP contribution in [-0.4, -0.2) is 4.98 Å². The first-order valence-electron chi connectivity index (χ1n) is 15.7. The molecule has 2 aromatic heterocycles. The van der Waals surface area contributed by atoms with Gasteiger partial charge in [0.1, 0.15) is 16.7 Å². The number of para-hydroxylation sites is 3. The summed E-state index contributed by atoms with van der Waals surface area (Å²) in [4.78, 5) is 7.04. The summed E-state index contributed by atoms with van der Waals surface area (Å²) in [6, 6.07) is 58.7. The van der Waals surface area contributed by atoms with Gasteiger partial charge in [-0.2, -0.15) is 0 Å². The van der Waals surface area contributed by atoms with Crippen molar-refractivity contribution in [3.05, 3.63) is 170 Å². The Morgan fingerprint density at radius 2 is 0.979 bits per heavy atom. The molecule has 0 aliphatic rings. The van der Waals surface area contributed by atoms with Gasteiger partial charge in [0.05, 0.1) is 0 Å². The second-order valence-electron chi connectivity index (χ2n) is 11.6. The molecule has 2 heterocycles. The fourth-order valence-corrected chi connectivity index (χ4v) is 6.43. The number of oxazole rings is 1. The van der Waals surface area contributed by atoms with E-state index in [2.05, 4.69) is 120 Å². The molecule has 0 saturated carbocycles. The Morgan fingerprint density at radius 1 is 0.404 bits per heavy atom. The number of hydrogen-bond acceptors (Lipinski definition) is 4. The molecule has 0 bridgehead atoms. The Balaban J connectivity index is 1.07. The van der Waals surface area contributed by atoms with Crippen molar-refractivity contribution in [3.8, 4) is 33.7 Å². The van der Waals surface area contributed by atoms with E-state index >= 15 is 0 Å². The summed E-state index contributed by atoms with van der Waals surface area (Å²) in [6.45, 7) is 0. The van der Waals surface area contributed by atoms with Crippen molar-refractivity contribution in [2.75, 3.05) is 4.90 Å². The maximum atomic E-state index is 6.39. The van der Waals surface area contributed by atoms with E-state index in [-0.39, 0.29) is 0 Å². The third-order valence-electron chi connectivity index (χ3n) is 8.73. The number of rotatable bonds is 6. The molecular weight excluding hydrogens is 576 g/mol. The van der Waals surface area contributed by atoms with Crippen LogP contribution in [0.5, 0.6) is 0 Å². The van der Waals surface area contributed by atoms with E-state index in [4.69, 9.17) is 13.8 Å². The van der Waals surface area contributed by atoms with Gasteiger partial charge in [-0.3, -0.25) is 0 Å². The van der Waals surface area contributed by atoms with Gasteiger partial charge in [0.25, 0.3) is 0 Å². The molecule has 0 radical (unpaired) electrons. The van der Waals surface area contributed by atoms with Crippen molar-refractivity contribution >= 4 is 50.1 Å². The fraction of sp³-hybridized carbons (Fsp3) is 0. The molecule has 0 saturated heterocycles. The lowest BCUT2D eigenvalue weighted by Crippen LogP contribution is -2.09. The van der Waals surface area contributed by atoms with Crippen molar-refractivity contribution in [1.82, 2.24) is 4.98 Å². The number of nitrogens with zero attached hydrogens (tertiary/aromatic N) is 2. The second-order valence-corrected chi connectivity index (χ2v) is 11.6. The van der Waals surface area contributed by atoms with Gasteiger partial charge in [0.2, 0.25) is 5.89 Å². The molecule has 4 heteroatoms. The van der Waals surface area contributed by atoms with E-state index in [1.807, 2.05) is 54.6 Å². The Hall–Kier alpha value is -6.39. The van der Waals surface area contributed by atoms with Gasteiger partial charge in [-0.05, 0) is 95.1 Å². The van der Waals surface area contributed by atoms with Crippen molar-refractivity contribution in [2.24, 2.45) is 0 Å². The lowest BCUT2D eigenvalue weighted by molar-refractivity contribution is 0.620. The van der Waals surface area contributed by atoms with Crippen LogP contribution in [0.3, 0.4) is 0 Å². The highest BCUT2D eigenvalue weighted by molar-refractivity contribution is 6.12. The minimum absolute atomic E-state index is 0.594. The summed E-state index contributed by atoms with van der Waals surface area (Å²) < 4.78 is 12.5. The topological polar surface area (TPSA) is 42.4 Å². The molecule has 0 atom stereocenters. The zero-order valence-electron chi connectivity index (χ0n) is 25.4. The fourth-order valence-electron chi connectivity index (χ4n) is 6.43. The van der Waals surface area contributed by atoms with E-state index in [0.717, 1.165) is 66.8 Å². The van der Waals surface area contributed by atoms with Crippen LogP contribution >= 0.6 is 0 Å². The Morgan fingerprint density at radius 3 is 1.70 bits per heavy atom. The minimum Gasteiger partial charge on any atom is -0.456 e. The molecule has 9 rings (SSSR count). The highest BCUT2D eigenvalue weighted by atomic mass is 16.3. The van der Waals surface area contributed by atoms with E-state index in [0.29, 0.717) is 5.89 Å². The van der Waals surface area contributed by atoms with Crippen LogP contribution in [0, 0.1) is 0 Å². The van der Waals surface area contributed by atoms with Gasteiger partial charge in [-0.25, -0.2) is 4.98 Å². The lowest BCUT2D eigenvalue weighted by atomic mass is 10.0. The Labute approximate surface area is 271 Å². The molecule has 47 heavy (non-hydrogen) atoms. The predicted molar refractivity (Wildman–Crippen MR) is 192 cm³/mol. The molecule has 0 amide bonds. The smallest absolute Gasteiger partial charge is 0.228 e. The normalized spacial score (nSPS) is 11.4. The maximum absolute atomic E-state index is 6.39. The van der Waals surface area contributed by atoms with Crippen molar-refractivity contribution in [1.29, 1.82) is 0 Å². The number of benzene rings is 7. The molecule has 4 nitrogen and oxygen atoms in total. The van der Waals surface area contributed by atoms with Gasteiger partial charge in [-0.1, -0.05) is 97.1 Å². The first-order valence-corrected chi connectivity index (χ1v) is 15.7. The second kappa shape index (κ2) is 11.2. The van der Waals surface area contributed by atoms with Crippen molar-refractivity contribution in [3.63, 3.8) is 0 Å². The summed E-state index contributed by atoms with van der Waals surface area (Å²) >= 11 is 0. The summed E-state index contributed by atoms with van der Waals surface area (Å²) in [5, 5.41) is 2.04. The number of anilines is 3. The molecule has 0 aliphatic carbocycles. The zero-order valence-corrected chi connectivity index (χ0v) is 25.4. The quantitative estimate of drug-likeness (QED) is 0.189. The number of fused-ring (bicyclic) bond motifs is 4. The molecule has 0 fully saturated rings. The van der Waals surface area contributed by atoms with Crippen LogP contribution in [0.1, 0.15) is 0 Å². The summed E-state index contributed by atoms with van der Waals surface area (Å²) in [7, 11) is 0. The minimum atomic E-state index is 0.594. The van der Waals surface area contributed by atoms with Gasteiger partial charge >= 0.3 is 0 Å². The van der Waals surface area contributed by atoms with Crippen LogP contribution < -0.4 is 4.90 Å². The first-order chi connectivity index (χ1) is 23.3. The third-order valence-corrected chi connectivity index (χ3v) is 8.73. The van der Waals surface area contributed by atoms with E-state index in [1.165, 1.54) is 11.1 Å². The lowest BCUT2D eigenvalue weighted by Gasteiger charge is -2.26. The van der Waals surface area contributed by atoms with E-state index in [9.17, 15) is 0 Å². The molecule has 0 spiro atoms. The van der Waals surface area contributed by atoms with Crippen LogP contribution in [0.2, 0.25) is 0 Å². The standard InChI is InChI=1S/C43H28N2O2/c1-3-10-29(11-4-1)30-18-23-34(24-19-30)45(33-12-5-2-6-13-33)35-25-20-31(21-26-35)32-22-27-36-41(28-32)46-40-17-9-14-37(42(36)40)43-44-38-15-7-8-16-39(38)47-43/h1-28H. The van der Waals surface area contributed by atoms with Crippen LogP contribution in [0.15, 0.2) is 179 Å². The van der Waals surface area contributed by atoms with Gasteiger partial charge in [-0.15, -0.1) is 0 Å². The summed E-state index contributed by atoms with van der Waals surface area (Å²) in [5.41, 5.74) is 12.1. The molecular formula is C43H28N2O2. The van der Waals surface area contributed by atoms with E-state index in [1.54, 1.807) is 0 Å². The largest absolute Gasteiger partial charge is 0.456 e. The average molecular weight is 605 g/mol. The SMILES string of the molecule is c1ccc(-c2ccc(N(c3ccccc3)c3ccc(-c4ccc5c(c4)oc4cccc(-c6nc7ccccc7o6)c45)cc3)cc2)cc1.